The molecule has 0 atom stereocenters. The van der Waals surface area contributed by atoms with Gasteiger partial charge in [-0.2, -0.15) is 10.1 Å². The summed E-state index contributed by atoms with van der Waals surface area (Å²) in [7, 11) is 1.58. The fourth-order valence-electron chi connectivity index (χ4n) is 2.69. The van der Waals surface area contributed by atoms with E-state index in [-0.39, 0.29) is 5.91 Å². The fraction of sp³-hybridized carbons (Fsp3) is 0.200. The van der Waals surface area contributed by atoms with Crippen molar-refractivity contribution in [2.45, 2.75) is 13.8 Å². The van der Waals surface area contributed by atoms with Gasteiger partial charge in [0.25, 0.3) is 5.91 Å². The minimum absolute atomic E-state index is 0.219. The molecule has 0 saturated carbocycles. The van der Waals surface area contributed by atoms with Gasteiger partial charge in [-0.25, -0.2) is 0 Å². The minimum Gasteiger partial charge on any atom is -0.493 e. The Morgan fingerprint density at radius 2 is 1.96 bits per heavy atom. The molecule has 0 bridgehead atoms. The number of benzene rings is 2. The van der Waals surface area contributed by atoms with Gasteiger partial charge in [-0.15, -0.1) is 0 Å². The Bertz CT molecular complexity index is 906. The molecule has 2 aromatic carbocycles. The second kappa shape index (κ2) is 7.62. The number of halogens is 1. The zero-order chi connectivity index (χ0) is 18.7. The summed E-state index contributed by atoms with van der Waals surface area (Å²) in [6, 6.07) is 12.7. The van der Waals surface area contributed by atoms with Crippen LogP contribution in [0.5, 0.6) is 11.5 Å². The van der Waals surface area contributed by atoms with E-state index in [2.05, 4.69) is 5.10 Å². The molecule has 0 aromatic heterocycles. The summed E-state index contributed by atoms with van der Waals surface area (Å²) in [5, 5.41) is 6.16. The van der Waals surface area contributed by atoms with E-state index in [0.29, 0.717) is 40.1 Å². The molecule has 1 aliphatic heterocycles. The predicted molar refractivity (Wildman–Crippen MR) is 104 cm³/mol. The van der Waals surface area contributed by atoms with Crippen LogP contribution in [0, 0.1) is 0 Å². The number of methoxy groups -OCH3 is 1. The summed E-state index contributed by atoms with van der Waals surface area (Å²) in [6.45, 7) is 4.26. The molecule has 0 unspecified atom stereocenters. The van der Waals surface area contributed by atoms with Gasteiger partial charge < -0.3 is 9.47 Å². The molecule has 0 fully saturated rings. The first kappa shape index (κ1) is 18.0. The van der Waals surface area contributed by atoms with E-state index in [9.17, 15) is 4.79 Å². The van der Waals surface area contributed by atoms with Crippen LogP contribution < -0.4 is 14.5 Å². The highest BCUT2D eigenvalue weighted by Crippen LogP contribution is 2.32. The first-order chi connectivity index (χ1) is 12.5. The number of amides is 1. The number of hydrogen-bond acceptors (Lipinski definition) is 4. The van der Waals surface area contributed by atoms with E-state index in [4.69, 9.17) is 21.1 Å². The van der Waals surface area contributed by atoms with Gasteiger partial charge in [-0.1, -0.05) is 29.8 Å². The second-order valence-electron chi connectivity index (χ2n) is 5.66. The molecule has 5 nitrogen and oxygen atoms in total. The largest absolute Gasteiger partial charge is 0.493 e. The van der Waals surface area contributed by atoms with E-state index < -0.39 is 0 Å². The number of carbonyl (C=O) groups is 1. The van der Waals surface area contributed by atoms with Crippen LogP contribution in [0.1, 0.15) is 19.4 Å². The van der Waals surface area contributed by atoms with Crippen LogP contribution in [0.15, 0.2) is 53.1 Å². The summed E-state index contributed by atoms with van der Waals surface area (Å²) in [4.78, 5) is 12.8. The standard InChI is InChI=1S/C20H19ClN2O3/c1-4-26-18-10-9-14(12-19(18)25-3)11-15-13(2)22-23(20(15)24)17-8-6-5-7-16(17)21/h5-12H,4H2,1-3H3/b15-11-. The maximum absolute atomic E-state index is 12.8. The van der Waals surface area contributed by atoms with Crippen molar-refractivity contribution in [1.82, 2.24) is 0 Å². The van der Waals surface area contributed by atoms with E-state index in [0.717, 1.165) is 5.56 Å². The van der Waals surface area contributed by atoms with Crippen LogP contribution in [0.4, 0.5) is 5.69 Å². The van der Waals surface area contributed by atoms with E-state index in [1.807, 2.05) is 37.3 Å². The quantitative estimate of drug-likeness (QED) is 0.725. The number of ether oxygens (including phenoxy) is 2. The van der Waals surface area contributed by atoms with Gasteiger partial charge in [0.2, 0.25) is 0 Å². The lowest BCUT2D eigenvalue weighted by Crippen LogP contribution is -2.21. The molecular formula is C20H19ClN2O3. The summed E-state index contributed by atoms with van der Waals surface area (Å²) in [6.07, 6.45) is 1.79. The van der Waals surface area contributed by atoms with Crippen LogP contribution in [-0.4, -0.2) is 25.3 Å². The molecule has 0 spiro atoms. The Morgan fingerprint density at radius 1 is 1.19 bits per heavy atom. The normalized spacial score (nSPS) is 15.4. The second-order valence-corrected chi connectivity index (χ2v) is 6.06. The number of para-hydroxylation sites is 1. The van der Waals surface area contributed by atoms with Crippen molar-refractivity contribution < 1.29 is 14.3 Å². The van der Waals surface area contributed by atoms with Crippen LogP contribution >= 0.6 is 11.6 Å². The zero-order valence-electron chi connectivity index (χ0n) is 14.8. The van der Waals surface area contributed by atoms with Gasteiger partial charge in [-0.05, 0) is 49.8 Å². The molecule has 2 aromatic rings. The Morgan fingerprint density at radius 3 is 2.65 bits per heavy atom. The Kier molecular flexibility index (Phi) is 5.28. The number of rotatable bonds is 5. The maximum Gasteiger partial charge on any atom is 0.280 e. The molecule has 1 heterocycles. The van der Waals surface area contributed by atoms with Crippen molar-refractivity contribution in [3.8, 4) is 11.5 Å². The highest BCUT2D eigenvalue weighted by molar-refractivity contribution is 6.37. The van der Waals surface area contributed by atoms with Crippen LogP contribution in [0.2, 0.25) is 5.02 Å². The number of carbonyl (C=O) groups excluding carboxylic acids is 1. The predicted octanol–water partition coefficient (Wildman–Crippen LogP) is 4.55. The average Bonchev–Trinajstić information content (AvgIpc) is 2.91. The zero-order valence-corrected chi connectivity index (χ0v) is 15.6. The first-order valence-corrected chi connectivity index (χ1v) is 8.60. The third-order valence-corrected chi connectivity index (χ3v) is 4.26. The maximum atomic E-state index is 12.8. The Labute approximate surface area is 157 Å². The average molecular weight is 371 g/mol. The lowest BCUT2D eigenvalue weighted by atomic mass is 10.1. The lowest BCUT2D eigenvalue weighted by molar-refractivity contribution is -0.114. The molecule has 134 valence electrons. The van der Waals surface area contributed by atoms with Gasteiger partial charge in [0.15, 0.2) is 11.5 Å². The number of anilines is 1. The molecule has 6 heteroatoms. The van der Waals surface area contributed by atoms with Crippen molar-refractivity contribution in [3.63, 3.8) is 0 Å². The molecule has 0 radical (unpaired) electrons. The molecule has 0 aliphatic carbocycles. The van der Waals surface area contributed by atoms with Gasteiger partial charge >= 0.3 is 0 Å². The highest BCUT2D eigenvalue weighted by Gasteiger charge is 2.29. The topological polar surface area (TPSA) is 51.1 Å². The third kappa shape index (κ3) is 3.44. The number of hydrogen-bond donors (Lipinski definition) is 0. The fourth-order valence-corrected chi connectivity index (χ4v) is 2.90. The molecule has 3 rings (SSSR count). The van der Waals surface area contributed by atoms with E-state index in [1.165, 1.54) is 5.01 Å². The molecular weight excluding hydrogens is 352 g/mol. The Balaban J connectivity index is 1.94. The highest BCUT2D eigenvalue weighted by atomic mass is 35.5. The van der Waals surface area contributed by atoms with Gasteiger partial charge in [0.1, 0.15) is 0 Å². The molecule has 0 saturated heterocycles. The van der Waals surface area contributed by atoms with Crippen molar-refractivity contribution in [2.75, 3.05) is 18.7 Å². The van der Waals surface area contributed by atoms with Crippen molar-refractivity contribution in [1.29, 1.82) is 0 Å². The summed E-state index contributed by atoms with van der Waals surface area (Å²) >= 11 is 6.20. The van der Waals surface area contributed by atoms with Gasteiger partial charge in [0, 0.05) is 0 Å². The smallest absolute Gasteiger partial charge is 0.280 e. The van der Waals surface area contributed by atoms with Crippen molar-refractivity contribution in [3.05, 3.63) is 58.6 Å². The molecule has 1 amide bonds. The van der Waals surface area contributed by atoms with Crippen LogP contribution in [0.25, 0.3) is 6.08 Å². The van der Waals surface area contributed by atoms with E-state index >= 15 is 0 Å². The molecule has 0 N–H and O–H groups in total. The monoisotopic (exact) mass is 370 g/mol. The molecule has 26 heavy (non-hydrogen) atoms. The van der Waals surface area contributed by atoms with Crippen molar-refractivity contribution in [2.24, 2.45) is 5.10 Å². The van der Waals surface area contributed by atoms with Crippen LogP contribution in [0.3, 0.4) is 0 Å². The van der Waals surface area contributed by atoms with Gasteiger partial charge in [-0.3, -0.25) is 4.79 Å². The molecule has 1 aliphatic rings. The minimum atomic E-state index is -0.219. The Hall–Kier alpha value is -2.79. The third-order valence-electron chi connectivity index (χ3n) is 3.94. The number of nitrogens with zero attached hydrogens (tertiary/aromatic N) is 2. The first-order valence-electron chi connectivity index (χ1n) is 8.22. The summed E-state index contributed by atoms with van der Waals surface area (Å²) in [5.74, 6) is 1.06. The summed E-state index contributed by atoms with van der Waals surface area (Å²) < 4.78 is 10.9. The van der Waals surface area contributed by atoms with Gasteiger partial charge in [0.05, 0.1) is 35.7 Å². The van der Waals surface area contributed by atoms with E-state index in [1.54, 1.807) is 32.2 Å². The SMILES string of the molecule is CCOc1ccc(/C=C2\C(=O)N(c3ccccc3Cl)N=C2C)cc1OC. The van der Waals surface area contributed by atoms with Crippen molar-refractivity contribution >= 4 is 35.0 Å². The summed E-state index contributed by atoms with van der Waals surface area (Å²) in [5.41, 5.74) is 2.52. The number of hydrazone groups is 1. The van der Waals surface area contributed by atoms with Crippen LogP contribution in [-0.2, 0) is 4.79 Å². The lowest BCUT2D eigenvalue weighted by Gasteiger charge is -2.13.